The number of rotatable bonds is 40. The van der Waals surface area contributed by atoms with Gasteiger partial charge in [0.1, 0.15) is 23.7 Å². The summed E-state index contributed by atoms with van der Waals surface area (Å²) >= 11 is 0. The van der Waals surface area contributed by atoms with Crippen LogP contribution in [0.15, 0.2) is 23.0 Å². The van der Waals surface area contributed by atoms with Crippen LogP contribution in [0.5, 0.6) is 0 Å². The highest BCUT2D eigenvalue weighted by Gasteiger charge is 2.24. The molecule has 0 radical (unpaired) electrons. The highest BCUT2D eigenvalue weighted by Crippen LogP contribution is 2.27. The number of unbranched alkanes of at least 4 members (excludes halogenated alkanes) is 16. The van der Waals surface area contributed by atoms with Crippen molar-refractivity contribution in [1.82, 2.24) is 0 Å². The molecule has 304 valence electrons. The van der Waals surface area contributed by atoms with E-state index >= 15 is 0 Å². The van der Waals surface area contributed by atoms with E-state index in [1.54, 1.807) is 0 Å². The molecule has 0 aliphatic carbocycles. The summed E-state index contributed by atoms with van der Waals surface area (Å²) in [5.41, 5.74) is 0. The summed E-state index contributed by atoms with van der Waals surface area (Å²) in [4.78, 5) is 0. The third-order valence-corrected chi connectivity index (χ3v) is 9.23. The Morgan fingerprint density at radius 3 is 1.00 bits per heavy atom. The molecule has 0 aromatic carbocycles. The first-order valence-electron chi connectivity index (χ1n) is 21.9. The van der Waals surface area contributed by atoms with Crippen LogP contribution in [0, 0.1) is 0 Å². The first-order chi connectivity index (χ1) is 25.1. The standard InChI is InChI=1S/C44H86O7/c1-9-17-21-23-25-27-31-35-41(43(48-15-7)39(46-13-5)33-29-19-11-3)50-37-45-38-51-42(36-32-28-26-24-22-18-10-2)44(49-16-8)40(47-14-6)34-30-20-12-4/h41-42H,9-38H2,1-8H3. The Morgan fingerprint density at radius 2 is 0.667 bits per heavy atom. The van der Waals surface area contributed by atoms with Gasteiger partial charge in [0.25, 0.3) is 0 Å². The van der Waals surface area contributed by atoms with E-state index < -0.39 is 0 Å². The lowest BCUT2D eigenvalue weighted by molar-refractivity contribution is -0.167. The third kappa shape index (κ3) is 26.9. The summed E-state index contributed by atoms with van der Waals surface area (Å²) in [5.74, 6) is 3.56. The second kappa shape index (κ2) is 38.3. The van der Waals surface area contributed by atoms with Gasteiger partial charge in [-0.3, -0.25) is 0 Å². The molecule has 7 heteroatoms. The molecule has 2 atom stereocenters. The summed E-state index contributed by atoms with van der Waals surface area (Å²) in [7, 11) is 0. The number of hydrogen-bond acceptors (Lipinski definition) is 7. The topological polar surface area (TPSA) is 64.6 Å². The van der Waals surface area contributed by atoms with Crippen LogP contribution in [-0.2, 0) is 33.2 Å². The van der Waals surface area contributed by atoms with Crippen LogP contribution in [0.1, 0.15) is 209 Å². The minimum atomic E-state index is -0.214. The van der Waals surface area contributed by atoms with Crippen molar-refractivity contribution in [3.63, 3.8) is 0 Å². The van der Waals surface area contributed by atoms with Gasteiger partial charge in [0.15, 0.2) is 25.1 Å². The van der Waals surface area contributed by atoms with Gasteiger partial charge in [-0.1, -0.05) is 143 Å². The fourth-order valence-corrected chi connectivity index (χ4v) is 6.42. The molecular weight excluding hydrogens is 640 g/mol. The van der Waals surface area contributed by atoms with E-state index in [9.17, 15) is 0 Å². The molecule has 0 rings (SSSR count). The normalized spacial score (nSPS) is 13.8. The van der Waals surface area contributed by atoms with Gasteiger partial charge in [0.05, 0.1) is 26.4 Å². The molecule has 0 fully saturated rings. The Labute approximate surface area is 317 Å². The maximum absolute atomic E-state index is 6.49. The number of hydrogen-bond donors (Lipinski definition) is 0. The lowest BCUT2D eigenvalue weighted by atomic mass is 10.0. The highest BCUT2D eigenvalue weighted by atomic mass is 16.7. The van der Waals surface area contributed by atoms with Crippen LogP contribution < -0.4 is 0 Å². The SMILES string of the molecule is CCCCCCCCCC(OCOCOC(CCCCCCCCC)C(OCC)=C(CCCCC)OCC)C(OCC)=C(CCCCC)OCC. The first kappa shape index (κ1) is 49.6. The van der Waals surface area contributed by atoms with Gasteiger partial charge < -0.3 is 33.2 Å². The zero-order chi connectivity index (χ0) is 37.6. The Morgan fingerprint density at radius 1 is 0.353 bits per heavy atom. The van der Waals surface area contributed by atoms with Gasteiger partial charge in [0, 0.05) is 12.8 Å². The van der Waals surface area contributed by atoms with E-state index in [1.807, 2.05) is 27.7 Å². The molecule has 0 N–H and O–H groups in total. The van der Waals surface area contributed by atoms with Gasteiger partial charge in [-0.2, -0.15) is 0 Å². The average Bonchev–Trinajstić information content (AvgIpc) is 3.13. The third-order valence-electron chi connectivity index (χ3n) is 9.23. The maximum atomic E-state index is 6.49. The molecule has 0 aliphatic rings. The van der Waals surface area contributed by atoms with E-state index in [-0.39, 0.29) is 25.8 Å². The summed E-state index contributed by atoms with van der Waals surface area (Å²) in [5, 5.41) is 0. The summed E-state index contributed by atoms with van der Waals surface area (Å²) < 4.78 is 44.0. The summed E-state index contributed by atoms with van der Waals surface area (Å²) in [6.45, 7) is 19.8. The smallest absolute Gasteiger partial charge is 0.162 e. The summed E-state index contributed by atoms with van der Waals surface area (Å²) in [6.07, 6.45) is 27.4. The molecular formula is C44H86O7. The highest BCUT2D eigenvalue weighted by molar-refractivity contribution is 5.09. The zero-order valence-electron chi connectivity index (χ0n) is 35.2. The lowest BCUT2D eigenvalue weighted by Gasteiger charge is -2.26. The van der Waals surface area contributed by atoms with Crippen LogP contribution in [0.4, 0.5) is 0 Å². The molecule has 0 aliphatic heterocycles. The van der Waals surface area contributed by atoms with Crippen molar-refractivity contribution in [3.8, 4) is 0 Å². The first-order valence-corrected chi connectivity index (χ1v) is 21.9. The monoisotopic (exact) mass is 727 g/mol. The molecule has 0 saturated carbocycles. The van der Waals surface area contributed by atoms with Crippen LogP contribution in [0.2, 0.25) is 0 Å². The molecule has 7 nitrogen and oxygen atoms in total. The lowest BCUT2D eigenvalue weighted by Crippen LogP contribution is -2.25. The quantitative estimate of drug-likeness (QED) is 0.0354. The number of ether oxygens (including phenoxy) is 7. The Bertz CT molecular complexity index is 732. The molecule has 0 amide bonds. The van der Waals surface area contributed by atoms with E-state index in [2.05, 4.69) is 27.7 Å². The van der Waals surface area contributed by atoms with Gasteiger partial charge in [-0.25, -0.2) is 0 Å². The van der Waals surface area contributed by atoms with Crippen LogP contribution >= 0.6 is 0 Å². The predicted octanol–water partition coefficient (Wildman–Crippen LogP) is 13.7. The minimum Gasteiger partial charge on any atom is -0.495 e. The Kier molecular flexibility index (Phi) is 37.2. The molecule has 2 unspecified atom stereocenters. The zero-order valence-corrected chi connectivity index (χ0v) is 35.2. The van der Waals surface area contributed by atoms with Crippen LogP contribution in [0.3, 0.4) is 0 Å². The van der Waals surface area contributed by atoms with E-state index in [0.29, 0.717) is 26.4 Å². The molecule has 0 bridgehead atoms. The second-order valence-corrected chi connectivity index (χ2v) is 13.8. The molecule has 0 heterocycles. The second-order valence-electron chi connectivity index (χ2n) is 13.8. The fourth-order valence-electron chi connectivity index (χ4n) is 6.42. The van der Waals surface area contributed by atoms with Crippen molar-refractivity contribution in [1.29, 1.82) is 0 Å². The van der Waals surface area contributed by atoms with Gasteiger partial charge >= 0.3 is 0 Å². The van der Waals surface area contributed by atoms with Gasteiger partial charge in [-0.05, 0) is 53.4 Å². The maximum Gasteiger partial charge on any atom is 0.162 e. The molecule has 0 saturated heterocycles. The van der Waals surface area contributed by atoms with Crippen molar-refractivity contribution in [2.75, 3.05) is 40.0 Å². The van der Waals surface area contributed by atoms with E-state index in [4.69, 9.17) is 33.2 Å². The Hall–Kier alpha value is -1.44. The van der Waals surface area contributed by atoms with E-state index in [1.165, 1.54) is 103 Å². The van der Waals surface area contributed by atoms with Gasteiger partial charge in [0.2, 0.25) is 0 Å². The predicted molar refractivity (Wildman–Crippen MR) is 215 cm³/mol. The fraction of sp³-hybridized carbons (Fsp3) is 0.909. The summed E-state index contributed by atoms with van der Waals surface area (Å²) in [6, 6.07) is 0. The van der Waals surface area contributed by atoms with E-state index in [0.717, 1.165) is 74.4 Å². The molecule has 51 heavy (non-hydrogen) atoms. The number of allylic oxidation sites excluding steroid dienone is 2. The van der Waals surface area contributed by atoms with Crippen molar-refractivity contribution < 1.29 is 33.2 Å². The minimum absolute atomic E-state index is 0.124. The molecule has 0 aromatic heterocycles. The van der Waals surface area contributed by atoms with Crippen LogP contribution in [0.25, 0.3) is 0 Å². The van der Waals surface area contributed by atoms with Crippen molar-refractivity contribution in [2.24, 2.45) is 0 Å². The van der Waals surface area contributed by atoms with Crippen molar-refractivity contribution >= 4 is 0 Å². The van der Waals surface area contributed by atoms with Crippen LogP contribution in [-0.4, -0.2) is 52.2 Å². The van der Waals surface area contributed by atoms with Gasteiger partial charge in [-0.15, -0.1) is 0 Å². The molecule has 0 spiro atoms. The molecule has 0 aromatic rings. The average molecular weight is 727 g/mol. The van der Waals surface area contributed by atoms with Crippen molar-refractivity contribution in [2.45, 2.75) is 222 Å². The Balaban J connectivity index is 5.81. The van der Waals surface area contributed by atoms with Crippen molar-refractivity contribution in [3.05, 3.63) is 23.0 Å². The largest absolute Gasteiger partial charge is 0.495 e.